The highest BCUT2D eigenvalue weighted by atomic mass is 31.2. The SMILES string of the molecule is O=C(O)CC[C@@H]1NC(=O)CNC(=O)[C@@H]2CCCN2C(=O)[C@H](COP(=O)(O)O)NC(=O)[C@H](Cc2c[nH]c3ccccc23)NC(=O)[C@H](CCC(=O)O)NC(=O)CNC(=O)[C@@H]2CCCN2C(=O)[C@H](COP(=O)(O)O)NC(=O)[C@H](Cc2c[nH]c3ccccc23)NC1=O. The molecule has 34 nitrogen and oxygen atoms in total. The summed E-state index contributed by atoms with van der Waals surface area (Å²) in [4.78, 5) is 212. The van der Waals surface area contributed by atoms with Gasteiger partial charge in [-0.1, -0.05) is 36.4 Å². The lowest BCUT2D eigenvalue weighted by molar-refractivity contribution is -0.143. The highest BCUT2D eigenvalue weighted by Crippen LogP contribution is 2.37. The number of aromatic amines is 2. The van der Waals surface area contributed by atoms with E-state index in [2.05, 4.69) is 61.5 Å². The number of carbonyl (C=O) groups excluding carboxylic acids is 10. The van der Waals surface area contributed by atoms with Crippen molar-refractivity contribution in [2.24, 2.45) is 0 Å². The van der Waals surface area contributed by atoms with Crippen molar-refractivity contribution in [3.8, 4) is 0 Å². The van der Waals surface area contributed by atoms with Crippen LogP contribution in [-0.4, -0.2) is 208 Å². The molecule has 4 aromatic rings. The van der Waals surface area contributed by atoms with E-state index in [1.165, 1.54) is 12.4 Å². The molecule has 8 atom stereocenters. The van der Waals surface area contributed by atoms with Gasteiger partial charge in [-0.3, -0.25) is 66.6 Å². The molecule has 7 rings (SSSR count). The Morgan fingerprint density at radius 1 is 0.489 bits per heavy atom. The molecule has 5 heterocycles. The number of phosphoric ester groups is 2. The van der Waals surface area contributed by atoms with Crippen molar-refractivity contribution in [2.75, 3.05) is 39.4 Å². The first-order valence-corrected chi connectivity index (χ1v) is 30.6. The number of hydrogen-bond donors (Lipinski definition) is 16. The zero-order valence-corrected chi connectivity index (χ0v) is 48.5. The van der Waals surface area contributed by atoms with Gasteiger partial charge in [-0.2, -0.15) is 0 Å². The lowest BCUT2D eigenvalue weighted by Gasteiger charge is -2.30. The highest BCUT2D eigenvalue weighted by Gasteiger charge is 2.42. The molecular formula is C52H66N12O22P2. The lowest BCUT2D eigenvalue weighted by Crippen LogP contribution is -2.60. The average Bonchev–Trinajstić information content (AvgIpc) is 2.54. The van der Waals surface area contributed by atoms with Crippen LogP contribution in [0.4, 0.5) is 0 Å². The number of nitrogens with zero attached hydrogens (tertiary/aromatic N) is 2. The van der Waals surface area contributed by atoms with Crippen molar-refractivity contribution in [3.63, 3.8) is 0 Å². The predicted octanol–water partition coefficient (Wildman–Crippen LogP) is -3.48. The Hall–Kier alpha value is -8.62. The summed E-state index contributed by atoms with van der Waals surface area (Å²) in [5.41, 5.74) is 1.92. The summed E-state index contributed by atoms with van der Waals surface area (Å²) in [5, 5.41) is 39.2. The minimum atomic E-state index is -5.41. The van der Waals surface area contributed by atoms with Crippen LogP contribution in [0.5, 0.6) is 0 Å². The maximum atomic E-state index is 14.6. The van der Waals surface area contributed by atoms with Gasteiger partial charge < -0.3 is 92.1 Å². The summed E-state index contributed by atoms with van der Waals surface area (Å²) >= 11 is 0. The normalized spacial score (nSPS) is 24.0. The fraction of sp³-hybridized carbons (Fsp3) is 0.462. The minimum Gasteiger partial charge on any atom is -0.481 e. The molecule has 0 radical (unpaired) electrons. The Kier molecular flexibility index (Phi) is 22.7. The molecule has 3 fully saturated rings. The van der Waals surface area contributed by atoms with Gasteiger partial charge in [0.1, 0.15) is 48.3 Å². The summed E-state index contributed by atoms with van der Waals surface area (Å²) in [6.07, 6.45) is -0.458. The average molecular weight is 1270 g/mol. The molecule has 0 unspecified atom stereocenters. The van der Waals surface area contributed by atoms with Crippen LogP contribution in [0, 0.1) is 0 Å². The number of phosphoric acid groups is 2. The molecule has 10 amide bonds. The summed E-state index contributed by atoms with van der Waals surface area (Å²) < 4.78 is 33.5. The van der Waals surface area contributed by atoms with Crippen LogP contribution in [0.25, 0.3) is 21.8 Å². The quantitative estimate of drug-likeness (QED) is 0.0484. The number of nitrogens with one attached hydrogen (secondary N) is 10. The Morgan fingerprint density at radius 3 is 1.20 bits per heavy atom. The molecule has 2 aromatic heterocycles. The number of carboxylic acid groups (broad SMARTS) is 2. The third-order valence-corrected chi connectivity index (χ3v) is 15.6. The van der Waals surface area contributed by atoms with Crippen molar-refractivity contribution < 1.29 is 105 Å². The zero-order valence-electron chi connectivity index (χ0n) is 46.7. The van der Waals surface area contributed by atoms with E-state index >= 15 is 0 Å². The summed E-state index contributed by atoms with van der Waals surface area (Å²) in [6.45, 7) is -4.72. The van der Waals surface area contributed by atoms with Gasteiger partial charge in [0.2, 0.25) is 59.1 Å². The van der Waals surface area contributed by atoms with E-state index in [9.17, 15) is 96.5 Å². The molecule has 3 aliphatic heterocycles. The molecule has 476 valence electrons. The van der Waals surface area contributed by atoms with E-state index < -0.39 is 200 Å². The highest BCUT2D eigenvalue weighted by molar-refractivity contribution is 7.46. The van der Waals surface area contributed by atoms with Gasteiger partial charge in [0.25, 0.3) is 0 Å². The standard InChI is InChI=1S/C52H66N12O22P2/c65-41-23-55-50(76)40-12-6-18-64(40)52(78)38(26-86-88(82,83)84)62-48(74)36(20-28-22-54-32-10-4-2-8-30(28)32)60-46(72)34(14-16-44(69)70)58-42(66)24-56-49(75)39-11-5-17-63(39)51(77)37(25-85-87(79,80)81)61-47(73)35(59-45(71)33(57-41)13-15-43(67)68)19-27-21-53-31-9-3-1-7-29(27)31/h1-4,7-10,21-22,33-40,53-54H,5-6,11-20,23-26H2,(H,55,76)(H,56,75)(H,57,65)(H,58,66)(H,59,71)(H,60,72)(H,61,73)(H,62,74)(H,67,68)(H,69,70)(H2,79,80,81)(H2,82,83,84)/t33-,34-,35-,36-,37-,38-,39-,40-/m0/s1. The maximum Gasteiger partial charge on any atom is 0.469 e. The first-order chi connectivity index (χ1) is 41.6. The van der Waals surface area contributed by atoms with Crippen molar-refractivity contribution >= 4 is 108 Å². The molecule has 0 bridgehead atoms. The molecule has 88 heavy (non-hydrogen) atoms. The molecular weight excluding hydrogens is 1210 g/mol. The second-order valence-electron chi connectivity index (χ2n) is 20.9. The number of amides is 10. The third-order valence-electron chi connectivity index (χ3n) is 14.6. The van der Waals surface area contributed by atoms with E-state index in [-0.39, 0.29) is 38.8 Å². The minimum absolute atomic E-state index is 0.0778. The van der Waals surface area contributed by atoms with Gasteiger partial charge in [-0.25, -0.2) is 9.13 Å². The van der Waals surface area contributed by atoms with Gasteiger partial charge in [0.05, 0.1) is 26.3 Å². The van der Waals surface area contributed by atoms with Gasteiger partial charge >= 0.3 is 27.6 Å². The van der Waals surface area contributed by atoms with E-state index in [1.54, 1.807) is 48.5 Å². The number of benzene rings is 2. The number of para-hydroxylation sites is 2. The molecule has 2 aromatic carbocycles. The molecule has 3 aliphatic rings. The number of aromatic nitrogens is 2. The Balaban J connectivity index is 1.24. The number of carboxylic acids is 2. The largest absolute Gasteiger partial charge is 0.481 e. The number of hydrogen-bond acceptors (Lipinski definition) is 16. The molecule has 0 aliphatic carbocycles. The van der Waals surface area contributed by atoms with Crippen LogP contribution < -0.4 is 42.5 Å². The number of rotatable bonds is 16. The summed E-state index contributed by atoms with van der Waals surface area (Å²) in [6, 6.07) is -0.545. The topological polar surface area (TPSA) is 513 Å². The number of fused-ring (bicyclic) bond motifs is 4. The third kappa shape index (κ3) is 18.7. The van der Waals surface area contributed by atoms with Gasteiger partial charge in [-0.15, -0.1) is 0 Å². The molecule has 3 saturated heterocycles. The van der Waals surface area contributed by atoms with E-state index in [0.29, 0.717) is 32.9 Å². The maximum absolute atomic E-state index is 14.6. The molecule has 36 heteroatoms. The van der Waals surface area contributed by atoms with Gasteiger partial charge in [0, 0.05) is 73.0 Å². The number of carbonyl (C=O) groups is 12. The summed E-state index contributed by atoms with van der Waals surface area (Å²) in [7, 11) is -10.8. The van der Waals surface area contributed by atoms with Gasteiger partial charge in [-0.05, 0) is 61.8 Å². The zero-order chi connectivity index (χ0) is 64.0. The van der Waals surface area contributed by atoms with Crippen LogP contribution in [0.1, 0.15) is 62.5 Å². The van der Waals surface area contributed by atoms with E-state index in [1.807, 2.05) is 0 Å². The number of H-pyrrole nitrogens is 2. The smallest absolute Gasteiger partial charge is 0.469 e. The first-order valence-electron chi connectivity index (χ1n) is 27.5. The van der Waals surface area contributed by atoms with Crippen molar-refractivity contribution in [1.29, 1.82) is 0 Å². The van der Waals surface area contributed by atoms with Crippen molar-refractivity contribution in [3.05, 3.63) is 72.1 Å². The summed E-state index contributed by atoms with van der Waals surface area (Å²) in [5.74, 6) is -14.1. The molecule has 16 N–H and O–H groups in total. The second-order valence-corrected chi connectivity index (χ2v) is 23.3. The molecule has 0 saturated carbocycles. The van der Waals surface area contributed by atoms with Crippen molar-refractivity contribution in [1.82, 2.24) is 62.3 Å². The lowest BCUT2D eigenvalue weighted by atomic mass is 10.0. The Labute approximate surface area is 498 Å². The van der Waals surface area contributed by atoms with Crippen LogP contribution in [-0.2, 0) is 88.6 Å². The fourth-order valence-electron chi connectivity index (χ4n) is 10.4. The van der Waals surface area contributed by atoms with Crippen molar-refractivity contribution in [2.45, 2.75) is 113 Å². The van der Waals surface area contributed by atoms with Crippen LogP contribution in [0.15, 0.2) is 60.9 Å². The van der Waals surface area contributed by atoms with Crippen LogP contribution >= 0.6 is 15.6 Å². The first kappa shape index (κ1) is 66.9. The number of aliphatic carboxylic acids is 2. The van der Waals surface area contributed by atoms with E-state index in [0.717, 1.165) is 9.80 Å². The fourth-order valence-corrected chi connectivity index (χ4v) is 11.1. The second kappa shape index (κ2) is 29.9. The molecule has 0 spiro atoms. The monoisotopic (exact) mass is 1270 g/mol. The van der Waals surface area contributed by atoms with E-state index in [4.69, 9.17) is 0 Å². The Bertz CT molecular complexity index is 3200. The predicted molar refractivity (Wildman–Crippen MR) is 301 cm³/mol. The van der Waals surface area contributed by atoms with Crippen LogP contribution in [0.3, 0.4) is 0 Å². The Morgan fingerprint density at radius 2 is 0.841 bits per heavy atom. The van der Waals surface area contributed by atoms with Crippen LogP contribution in [0.2, 0.25) is 0 Å². The van der Waals surface area contributed by atoms with Gasteiger partial charge in [0.15, 0.2) is 0 Å².